The molecular weight excluding hydrogens is 507 g/mol. The van der Waals surface area contributed by atoms with Crippen LogP contribution in [0.5, 0.6) is 0 Å². The number of ether oxygens (including phenoxy) is 1. The van der Waals surface area contributed by atoms with E-state index in [9.17, 15) is 18.0 Å². The van der Waals surface area contributed by atoms with Crippen LogP contribution in [0.2, 0.25) is 0 Å². The van der Waals surface area contributed by atoms with Gasteiger partial charge >= 0.3 is 6.18 Å². The molecule has 0 bridgehead atoms. The first kappa shape index (κ1) is 26.0. The van der Waals surface area contributed by atoms with E-state index in [1.807, 2.05) is 36.7 Å². The molecule has 0 unspecified atom stereocenters. The SMILES string of the molecule is C[C@@H](NC1(C)CCC1)c1cc2c(c(C(F)(F)F)c1)CN(c1cccc([C@H](c3nncn3C)C3COC3)c1)C2=O. The van der Waals surface area contributed by atoms with Crippen molar-refractivity contribution in [2.75, 3.05) is 18.1 Å². The van der Waals surface area contributed by atoms with Gasteiger partial charge in [-0.25, -0.2) is 0 Å². The van der Waals surface area contributed by atoms with E-state index in [2.05, 4.69) is 22.4 Å². The Kier molecular flexibility index (Phi) is 6.30. The van der Waals surface area contributed by atoms with E-state index >= 15 is 0 Å². The fourth-order valence-corrected chi connectivity index (χ4v) is 6.14. The molecule has 1 aliphatic carbocycles. The summed E-state index contributed by atoms with van der Waals surface area (Å²) in [6.07, 6.45) is 0.147. The van der Waals surface area contributed by atoms with Crippen molar-refractivity contribution in [3.05, 3.63) is 76.4 Å². The van der Waals surface area contributed by atoms with Crippen molar-refractivity contribution in [2.24, 2.45) is 13.0 Å². The fraction of sp³-hybridized carbons (Fsp3) is 0.483. The standard InChI is InChI=1S/C29H32F3N5O2/c1-17(34-28(2)8-5-9-28)19-11-22-23(24(12-19)29(30,31)32)13-37(27(22)38)21-7-4-6-18(10-21)25(20-14-39-15-20)26-35-33-16-36(26)3/h4,6-7,10-12,16-17,20,25,34H,5,8-9,13-15H2,1-3H3/t17-,25+/m1/s1. The summed E-state index contributed by atoms with van der Waals surface area (Å²) in [7, 11) is 1.88. The Morgan fingerprint density at radius 1 is 1.15 bits per heavy atom. The maximum absolute atomic E-state index is 14.3. The van der Waals surface area contributed by atoms with Crippen LogP contribution in [0.25, 0.3) is 0 Å². The lowest BCUT2D eigenvalue weighted by molar-refractivity contribution is -0.138. The van der Waals surface area contributed by atoms with Crippen molar-refractivity contribution in [3.8, 4) is 0 Å². The number of halogens is 3. The maximum Gasteiger partial charge on any atom is 0.416 e. The Morgan fingerprint density at radius 2 is 1.92 bits per heavy atom. The highest BCUT2D eigenvalue weighted by atomic mass is 19.4. The minimum atomic E-state index is -4.57. The van der Waals surface area contributed by atoms with Gasteiger partial charge in [0, 0.05) is 35.8 Å². The first-order chi connectivity index (χ1) is 18.5. The molecule has 2 aliphatic heterocycles. The zero-order chi connectivity index (χ0) is 27.5. The van der Waals surface area contributed by atoms with Crippen LogP contribution in [-0.2, 0) is 24.5 Å². The number of rotatable bonds is 7. The van der Waals surface area contributed by atoms with E-state index in [0.29, 0.717) is 24.5 Å². The van der Waals surface area contributed by atoms with Crippen LogP contribution in [0, 0.1) is 5.92 Å². The van der Waals surface area contributed by atoms with E-state index in [-0.39, 0.29) is 41.1 Å². The van der Waals surface area contributed by atoms with E-state index in [4.69, 9.17) is 4.74 Å². The van der Waals surface area contributed by atoms with Gasteiger partial charge in [0.2, 0.25) is 0 Å². The zero-order valence-corrected chi connectivity index (χ0v) is 22.3. The summed E-state index contributed by atoms with van der Waals surface area (Å²) in [6.45, 7) is 4.99. The topological polar surface area (TPSA) is 72.3 Å². The van der Waals surface area contributed by atoms with Gasteiger partial charge in [0.15, 0.2) is 0 Å². The predicted molar refractivity (Wildman–Crippen MR) is 139 cm³/mol. The number of hydrogen-bond acceptors (Lipinski definition) is 5. The van der Waals surface area contributed by atoms with Crippen LogP contribution in [-0.4, -0.2) is 39.4 Å². The number of aryl methyl sites for hydroxylation is 1. The number of anilines is 1. The lowest BCUT2D eigenvalue weighted by Gasteiger charge is -2.42. The van der Waals surface area contributed by atoms with Crippen LogP contribution in [0.15, 0.2) is 42.7 Å². The summed E-state index contributed by atoms with van der Waals surface area (Å²) >= 11 is 0. The lowest BCUT2D eigenvalue weighted by Crippen LogP contribution is -2.49. The highest BCUT2D eigenvalue weighted by molar-refractivity contribution is 6.10. The van der Waals surface area contributed by atoms with Gasteiger partial charge in [-0.05, 0) is 74.1 Å². The molecule has 39 heavy (non-hydrogen) atoms. The Labute approximate surface area is 225 Å². The minimum Gasteiger partial charge on any atom is -0.381 e. The Morgan fingerprint density at radius 3 is 2.51 bits per heavy atom. The Hall–Kier alpha value is -3.24. The van der Waals surface area contributed by atoms with Gasteiger partial charge in [0.25, 0.3) is 5.91 Å². The number of carbonyl (C=O) groups excluding carboxylic acids is 1. The zero-order valence-electron chi connectivity index (χ0n) is 22.3. The third kappa shape index (κ3) is 4.63. The summed E-state index contributed by atoms with van der Waals surface area (Å²) in [5.74, 6) is 0.449. The molecule has 6 rings (SSSR count). The second-order valence-corrected chi connectivity index (χ2v) is 11.4. The van der Waals surface area contributed by atoms with Crippen molar-refractivity contribution in [1.82, 2.24) is 20.1 Å². The highest BCUT2D eigenvalue weighted by Gasteiger charge is 2.42. The van der Waals surface area contributed by atoms with Crippen LogP contribution >= 0.6 is 0 Å². The molecule has 2 atom stereocenters. The van der Waals surface area contributed by atoms with Crippen LogP contribution < -0.4 is 10.2 Å². The number of fused-ring (bicyclic) bond motifs is 1. The molecule has 2 aromatic carbocycles. The number of carbonyl (C=O) groups is 1. The van der Waals surface area contributed by atoms with E-state index in [1.165, 1.54) is 11.0 Å². The number of aromatic nitrogens is 3. The van der Waals surface area contributed by atoms with Crippen molar-refractivity contribution in [3.63, 3.8) is 0 Å². The van der Waals surface area contributed by atoms with Crippen molar-refractivity contribution in [1.29, 1.82) is 0 Å². The fourth-order valence-electron chi connectivity index (χ4n) is 6.14. The molecule has 1 N–H and O–H groups in total. The molecule has 1 saturated carbocycles. The van der Waals surface area contributed by atoms with Gasteiger partial charge in [-0.2, -0.15) is 13.2 Å². The van der Waals surface area contributed by atoms with Crippen molar-refractivity contribution in [2.45, 2.75) is 63.3 Å². The summed E-state index contributed by atoms with van der Waals surface area (Å²) in [5, 5.41) is 11.8. The van der Waals surface area contributed by atoms with E-state index in [0.717, 1.165) is 30.7 Å². The number of benzene rings is 2. The van der Waals surface area contributed by atoms with Crippen molar-refractivity contribution < 1.29 is 22.7 Å². The van der Waals surface area contributed by atoms with E-state index in [1.54, 1.807) is 18.5 Å². The quantitative estimate of drug-likeness (QED) is 0.437. The minimum absolute atomic E-state index is 0.0287. The van der Waals surface area contributed by atoms with Crippen molar-refractivity contribution >= 4 is 11.6 Å². The third-order valence-corrected chi connectivity index (χ3v) is 8.59. The van der Waals surface area contributed by atoms with Gasteiger partial charge in [0.1, 0.15) is 12.2 Å². The van der Waals surface area contributed by atoms with Gasteiger partial charge in [-0.15, -0.1) is 10.2 Å². The van der Waals surface area contributed by atoms with Crippen LogP contribution in [0.3, 0.4) is 0 Å². The predicted octanol–water partition coefficient (Wildman–Crippen LogP) is 5.37. The summed E-state index contributed by atoms with van der Waals surface area (Å²) in [6, 6.07) is 10.00. The number of nitrogens with one attached hydrogen (secondary N) is 1. The van der Waals surface area contributed by atoms with Gasteiger partial charge in [-0.1, -0.05) is 12.1 Å². The molecule has 3 aliphatic rings. The number of hydrogen-bond donors (Lipinski definition) is 1. The average Bonchev–Trinajstić information content (AvgIpc) is 3.41. The van der Waals surface area contributed by atoms with Gasteiger partial charge < -0.3 is 19.5 Å². The van der Waals surface area contributed by atoms with Crippen LogP contribution in [0.1, 0.15) is 83.5 Å². The lowest BCUT2D eigenvalue weighted by atomic mass is 9.77. The van der Waals surface area contributed by atoms with Gasteiger partial charge in [0.05, 0.1) is 31.2 Å². The molecule has 10 heteroatoms. The van der Waals surface area contributed by atoms with Gasteiger partial charge in [-0.3, -0.25) is 4.79 Å². The number of alkyl halides is 3. The molecule has 1 amide bonds. The third-order valence-electron chi connectivity index (χ3n) is 8.59. The average molecular weight is 540 g/mol. The highest BCUT2D eigenvalue weighted by Crippen LogP contribution is 2.42. The first-order valence-corrected chi connectivity index (χ1v) is 13.4. The molecule has 3 heterocycles. The van der Waals surface area contributed by atoms with E-state index < -0.39 is 17.6 Å². The number of amides is 1. The molecule has 0 spiro atoms. The normalized spacial score (nSPS) is 20.4. The summed E-state index contributed by atoms with van der Waals surface area (Å²) in [4.78, 5) is 15.1. The molecule has 1 aromatic heterocycles. The summed E-state index contributed by atoms with van der Waals surface area (Å²) < 4.78 is 50.2. The molecule has 2 fully saturated rings. The molecule has 3 aromatic rings. The molecule has 206 valence electrons. The smallest absolute Gasteiger partial charge is 0.381 e. The monoisotopic (exact) mass is 539 g/mol. The summed E-state index contributed by atoms with van der Waals surface area (Å²) in [5.41, 5.74) is 1.28. The molecule has 1 saturated heterocycles. The first-order valence-electron chi connectivity index (χ1n) is 13.4. The Bertz CT molecular complexity index is 1410. The molecule has 7 nitrogen and oxygen atoms in total. The molecular formula is C29H32F3N5O2. The maximum atomic E-state index is 14.3. The second kappa shape index (κ2) is 9.45. The largest absolute Gasteiger partial charge is 0.416 e. The second-order valence-electron chi connectivity index (χ2n) is 11.4. The Balaban J connectivity index is 1.35. The van der Waals surface area contributed by atoms with Crippen LogP contribution in [0.4, 0.5) is 18.9 Å². The molecule has 0 radical (unpaired) electrons. The number of nitrogens with zero attached hydrogens (tertiary/aromatic N) is 4.